The SMILES string of the molecule is CCNC(=NCC(C)(CC)CO)N1CCSC(C)(C)C1.I. The van der Waals surface area contributed by atoms with Gasteiger partial charge in [0.1, 0.15) is 0 Å². The van der Waals surface area contributed by atoms with E-state index < -0.39 is 0 Å². The van der Waals surface area contributed by atoms with Crippen LogP contribution in [0.3, 0.4) is 0 Å². The molecule has 4 nitrogen and oxygen atoms in total. The summed E-state index contributed by atoms with van der Waals surface area (Å²) in [5, 5.41) is 12.9. The smallest absolute Gasteiger partial charge is 0.194 e. The van der Waals surface area contributed by atoms with E-state index in [4.69, 9.17) is 4.99 Å². The van der Waals surface area contributed by atoms with Crippen molar-refractivity contribution >= 4 is 41.7 Å². The Hall–Kier alpha value is 0.310. The first-order chi connectivity index (χ1) is 9.36. The molecule has 1 unspecified atom stereocenters. The topological polar surface area (TPSA) is 47.9 Å². The van der Waals surface area contributed by atoms with Gasteiger partial charge in [0.05, 0.1) is 13.2 Å². The number of rotatable bonds is 5. The number of aliphatic hydroxyl groups excluding tert-OH is 1. The molecule has 0 amide bonds. The van der Waals surface area contributed by atoms with Crippen LogP contribution in [0.15, 0.2) is 4.99 Å². The van der Waals surface area contributed by atoms with Gasteiger partial charge in [-0.1, -0.05) is 13.8 Å². The van der Waals surface area contributed by atoms with E-state index in [1.807, 2.05) is 11.8 Å². The summed E-state index contributed by atoms with van der Waals surface area (Å²) in [6.45, 7) is 14.7. The lowest BCUT2D eigenvalue weighted by molar-refractivity contribution is 0.145. The second-order valence-electron chi connectivity index (χ2n) is 6.52. The van der Waals surface area contributed by atoms with Crippen LogP contribution in [0.5, 0.6) is 0 Å². The molecule has 0 saturated carbocycles. The first-order valence-electron chi connectivity index (χ1n) is 7.64. The number of aliphatic hydroxyl groups is 1. The van der Waals surface area contributed by atoms with Crippen LogP contribution in [0.2, 0.25) is 0 Å². The maximum atomic E-state index is 9.51. The van der Waals surface area contributed by atoms with Crippen LogP contribution in [0, 0.1) is 5.41 Å². The summed E-state index contributed by atoms with van der Waals surface area (Å²) in [5.41, 5.74) is -0.110. The lowest BCUT2D eigenvalue weighted by Crippen LogP contribution is -2.51. The number of guanidine groups is 1. The second-order valence-corrected chi connectivity index (χ2v) is 8.32. The summed E-state index contributed by atoms with van der Waals surface area (Å²) in [5.74, 6) is 2.14. The van der Waals surface area contributed by atoms with Crippen molar-refractivity contribution in [1.82, 2.24) is 10.2 Å². The fourth-order valence-corrected chi connectivity index (χ4v) is 3.27. The number of hydrogen-bond donors (Lipinski definition) is 2. The molecule has 21 heavy (non-hydrogen) atoms. The molecular formula is C15H32IN3OS. The predicted octanol–water partition coefficient (Wildman–Crippen LogP) is 2.81. The Morgan fingerprint density at radius 1 is 1.43 bits per heavy atom. The molecule has 1 atom stereocenters. The Balaban J connectivity index is 0.00000400. The second kappa shape index (κ2) is 9.45. The minimum absolute atomic E-state index is 0. The van der Waals surface area contributed by atoms with E-state index in [0.717, 1.165) is 37.8 Å². The summed E-state index contributed by atoms with van der Waals surface area (Å²) in [6, 6.07) is 0. The van der Waals surface area contributed by atoms with Gasteiger partial charge in [-0.2, -0.15) is 11.8 Å². The summed E-state index contributed by atoms with van der Waals surface area (Å²) < 4.78 is 0.277. The third-order valence-electron chi connectivity index (χ3n) is 3.91. The average molecular weight is 429 g/mol. The highest BCUT2D eigenvalue weighted by Gasteiger charge is 2.29. The molecule has 1 heterocycles. The molecule has 0 radical (unpaired) electrons. The van der Waals surface area contributed by atoms with Gasteiger partial charge in [0.25, 0.3) is 0 Å². The van der Waals surface area contributed by atoms with E-state index in [1.54, 1.807) is 0 Å². The molecule has 0 bridgehead atoms. The largest absolute Gasteiger partial charge is 0.396 e. The number of nitrogens with one attached hydrogen (secondary N) is 1. The molecule has 1 saturated heterocycles. The van der Waals surface area contributed by atoms with Crippen LogP contribution in [0.4, 0.5) is 0 Å². The average Bonchev–Trinajstić information content (AvgIpc) is 2.42. The van der Waals surface area contributed by atoms with Gasteiger partial charge in [0, 0.05) is 35.5 Å². The van der Waals surface area contributed by atoms with Crippen molar-refractivity contribution in [3.05, 3.63) is 0 Å². The Bertz CT molecular complexity index is 333. The third-order valence-corrected chi connectivity index (χ3v) is 5.20. The predicted molar refractivity (Wildman–Crippen MR) is 105 cm³/mol. The summed E-state index contributed by atoms with van der Waals surface area (Å²) in [4.78, 5) is 7.13. The maximum absolute atomic E-state index is 9.51. The molecule has 126 valence electrons. The highest BCUT2D eigenvalue weighted by molar-refractivity contribution is 14.0. The Morgan fingerprint density at radius 3 is 2.57 bits per heavy atom. The van der Waals surface area contributed by atoms with Crippen LogP contribution < -0.4 is 5.32 Å². The van der Waals surface area contributed by atoms with Gasteiger partial charge in [0.2, 0.25) is 0 Å². The monoisotopic (exact) mass is 429 g/mol. The zero-order valence-corrected chi connectivity index (χ0v) is 17.3. The van der Waals surface area contributed by atoms with E-state index in [2.05, 4.69) is 44.8 Å². The first-order valence-corrected chi connectivity index (χ1v) is 8.62. The van der Waals surface area contributed by atoms with E-state index in [-0.39, 0.29) is 40.7 Å². The number of halogens is 1. The standard InChI is InChI=1S/C15H31N3OS.HI/c1-6-15(5,12-19)10-17-13(16-7-2)18-8-9-20-14(3,4)11-18;/h19H,6-12H2,1-5H3,(H,16,17);1H. The first kappa shape index (κ1) is 21.3. The number of nitrogens with zero attached hydrogens (tertiary/aromatic N) is 2. The van der Waals surface area contributed by atoms with Gasteiger partial charge in [-0.05, 0) is 27.2 Å². The molecule has 0 aromatic rings. The van der Waals surface area contributed by atoms with Crippen molar-refractivity contribution in [3.63, 3.8) is 0 Å². The zero-order chi connectivity index (χ0) is 15.2. The molecule has 0 aliphatic carbocycles. The molecular weight excluding hydrogens is 397 g/mol. The van der Waals surface area contributed by atoms with Crippen LogP contribution >= 0.6 is 35.7 Å². The van der Waals surface area contributed by atoms with Crippen molar-refractivity contribution in [2.24, 2.45) is 10.4 Å². The highest BCUT2D eigenvalue weighted by Crippen LogP contribution is 2.29. The van der Waals surface area contributed by atoms with E-state index in [9.17, 15) is 5.11 Å². The van der Waals surface area contributed by atoms with E-state index in [1.165, 1.54) is 0 Å². The maximum Gasteiger partial charge on any atom is 0.194 e. The van der Waals surface area contributed by atoms with Gasteiger partial charge in [-0.25, -0.2) is 0 Å². The van der Waals surface area contributed by atoms with Gasteiger partial charge in [-0.3, -0.25) is 4.99 Å². The molecule has 1 aliphatic rings. The molecule has 0 spiro atoms. The number of thioether (sulfide) groups is 1. The van der Waals surface area contributed by atoms with E-state index >= 15 is 0 Å². The lowest BCUT2D eigenvalue weighted by Gasteiger charge is -2.39. The van der Waals surface area contributed by atoms with Gasteiger partial charge >= 0.3 is 0 Å². The minimum atomic E-state index is -0.110. The quantitative estimate of drug-likeness (QED) is 0.401. The number of hydrogen-bond acceptors (Lipinski definition) is 3. The fraction of sp³-hybridized carbons (Fsp3) is 0.933. The Morgan fingerprint density at radius 2 is 2.10 bits per heavy atom. The Labute approximate surface area is 151 Å². The highest BCUT2D eigenvalue weighted by atomic mass is 127. The van der Waals surface area contributed by atoms with Crippen LogP contribution in [-0.2, 0) is 0 Å². The minimum Gasteiger partial charge on any atom is -0.396 e. The van der Waals surface area contributed by atoms with Crippen LogP contribution in [0.1, 0.15) is 41.0 Å². The van der Waals surface area contributed by atoms with Crippen LogP contribution in [0.25, 0.3) is 0 Å². The normalized spacial score (nSPS) is 21.4. The third kappa shape index (κ3) is 6.95. The van der Waals surface area contributed by atoms with Crippen molar-refractivity contribution in [3.8, 4) is 0 Å². The molecule has 0 aromatic carbocycles. The van der Waals surface area contributed by atoms with Gasteiger partial charge < -0.3 is 15.3 Å². The van der Waals surface area contributed by atoms with Crippen molar-refractivity contribution < 1.29 is 5.11 Å². The molecule has 0 aromatic heterocycles. The summed E-state index contributed by atoms with van der Waals surface area (Å²) in [7, 11) is 0. The molecule has 1 fully saturated rings. The van der Waals surface area contributed by atoms with Gasteiger partial charge in [0.15, 0.2) is 5.96 Å². The van der Waals surface area contributed by atoms with Gasteiger partial charge in [-0.15, -0.1) is 24.0 Å². The summed E-state index contributed by atoms with van der Waals surface area (Å²) in [6.07, 6.45) is 0.938. The van der Waals surface area contributed by atoms with Crippen LogP contribution in [-0.4, -0.2) is 59.3 Å². The molecule has 2 N–H and O–H groups in total. The molecule has 1 rings (SSSR count). The van der Waals surface area contributed by atoms with E-state index in [0.29, 0.717) is 6.54 Å². The van der Waals surface area contributed by atoms with Crippen molar-refractivity contribution in [1.29, 1.82) is 0 Å². The molecule has 1 aliphatic heterocycles. The number of aliphatic imine (C=N–C) groups is 1. The fourth-order valence-electron chi connectivity index (χ4n) is 2.16. The van der Waals surface area contributed by atoms with Crippen molar-refractivity contribution in [2.45, 2.75) is 45.8 Å². The zero-order valence-electron chi connectivity index (χ0n) is 14.1. The summed E-state index contributed by atoms with van der Waals surface area (Å²) >= 11 is 2.03. The molecule has 6 heteroatoms. The van der Waals surface area contributed by atoms with Crippen molar-refractivity contribution in [2.75, 3.05) is 38.5 Å². The Kier molecular flexibility index (Phi) is 9.59. The lowest BCUT2D eigenvalue weighted by atomic mass is 9.89.